The van der Waals surface area contributed by atoms with E-state index in [1.807, 2.05) is 44.2 Å². The summed E-state index contributed by atoms with van der Waals surface area (Å²) in [5.74, 6) is 0.564. The van der Waals surface area contributed by atoms with E-state index in [-0.39, 0.29) is 5.91 Å². The van der Waals surface area contributed by atoms with Crippen molar-refractivity contribution in [3.63, 3.8) is 0 Å². The third kappa shape index (κ3) is 2.72. The number of rotatable bonds is 3. The van der Waals surface area contributed by atoms with Crippen LogP contribution in [0.3, 0.4) is 0 Å². The third-order valence-corrected chi connectivity index (χ3v) is 2.72. The Balaban J connectivity index is 2.01. The molecule has 0 fully saturated rings. The summed E-state index contributed by atoms with van der Waals surface area (Å²) >= 11 is 0. The largest absolute Gasteiger partial charge is 0.309 e. The van der Waals surface area contributed by atoms with Gasteiger partial charge in [0.1, 0.15) is 0 Å². The van der Waals surface area contributed by atoms with Gasteiger partial charge in [-0.1, -0.05) is 30.3 Å². The molecule has 0 saturated heterocycles. The van der Waals surface area contributed by atoms with Crippen LogP contribution < -0.4 is 5.32 Å². The molecular weight excluding hydrogens is 214 g/mol. The topological polar surface area (TPSA) is 57.8 Å². The van der Waals surface area contributed by atoms with E-state index in [1.165, 1.54) is 0 Å². The highest BCUT2D eigenvalue weighted by Crippen LogP contribution is 2.14. The van der Waals surface area contributed by atoms with Crippen LogP contribution in [-0.2, 0) is 11.2 Å². The lowest BCUT2D eigenvalue weighted by Gasteiger charge is -2.03. The molecule has 1 aromatic carbocycles. The summed E-state index contributed by atoms with van der Waals surface area (Å²) in [6.45, 7) is 3.85. The standard InChI is InChI=1S/C13H15N3O/c1-9-10(2)15-16-13(9)14-12(17)8-11-6-4-3-5-7-11/h3-7H,8H2,1-2H3,(H2,14,15,16,17). The van der Waals surface area contributed by atoms with Crippen LogP contribution in [-0.4, -0.2) is 16.1 Å². The second kappa shape index (κ2) is 4.82. The van der Waals surface area contributed by atoms with Gasteiger partial charge in [-0.05, 0) is 19.4 Å². The fourth-order valence-corrected chi connectivity index (χ4v) is 1.56. The van der Waals surface area contributed by atoms with Crippen molar-refractivity contribution < 1.29 is 4.79 Å². The molecule has 1 amide bonds. The van der Waals surface area contributed by atoms with Crippen LogP contribution in [0.5, 0.6) is 0 Å². The number of hydrogen-bond acceptors (Lipinski definition) is 2. The van der Waals surface area contributed by atoms with E-state index in [1.54, 1.807) is 0 Å². The van der Waals surface area contributed by atoms with Crippen molar-refractivity contribution in [2.24, 2.45) is 0 Å². The maximum Gasteiger partial charge on any atom is 0.230 e. The Morgan fingerprint density at radius 2 is 2.00 bits per heavy atom. The minimum atomic E-state index is -0.0502. The van der Waals surface area contributed by atoms with E-state index in [0.29, 0.717) is 12.2 Å². The van der Waals surface area contributed by atoms with Gasteiger partial charge in [0, 0.05) is 11.3 Å². The maximum absolute atomic E-state index is 11.8. The number of amides is 1. The van der Waals surface area contributed by atoms with Crippen molar-refractivity contribution in [3.05, 3.63) is 47.2 Å². The third-order valence-electron chi connectivity index (χ3n) is 2.72. The fourth-order valence-electron chi connectivity index (χ4n) is 1.56. The van der Waals surface area contributed by atoms with Gasteiger partial charge < -0.3 is 5.32 Å². The maximum atomic E-state index is 11.8. The molecule has 2 aromatic rings. The summed E-state index contributed by atoms with van der Waals surface area (Å²) in [6, 6.07) is 9.65. The first-order valence-corrected chi connectivity index (χ1v) is 5.52. The van der Waals surface area contributed by atoms with Crippen LogP contribution in [0.4, 0.5) is 5.82 Å². The van der Waals surface area contributed by atoms with Crippen molar-refractivity contribution in [3.8, 4) is 0 Å². The Labute approximate surface area is 100 Å². The molecule has 0 saturated carbocycles. The second-order valence-electron chi connectivity index (χ2n) is 4.03. The Kier molecular flexibility index (Phi) is 3.23. The number of anilines is 1. The van der Waals surface area contributed by atoms with E-state index in [4.69, 9.17) is 0 Å². The monoisotopic (exact) mass is 229 g/mol. The highest BCUT2D eigenvalue weighted by atomic mass is 16.1. The van der Waals surface area contributed by atoms with Gasteiger partial charge in [-0.2, -0.15) is 5.10 Å². The summed E-state index contributed by atoms with van der Waals surface area (Å²) < 4.78 is 0. The number of aromatic nitrogens is 2. The molecule has 0 radical (unpaired) electrons. The summed E-state index contributed by atoms with van der Waals surface area (Å²) in [5.41, 5.74) is 2.95. The van der Waals surface area contributed by atoms with Crippen molar-refractivity contribution in [2.45, 2.75) is 20.3 Å². The van der Waals surface area contributed by atoms with Crippen molar-refractivity contribution in [1.82, 2.24) is 10.2 Å². The number of nitrogens with one attached hydrogen (secondary N) is 2. The van der Waals surface area contributed by atoms with Crippen LogP contribution in [0, 0.1) is 13.8 Å². The van der Waals surface area contributed by atoms with Gasteiger partial charge in [0.15, 0.2) is 5.82 Å². The Bertz CT molecular complexity index is 517. The molecule has 0 bridgehead atoms. The average Bonchev–Trinajstić information content (AvgIpc) is 2.62. The van der Waals surface area contributed by atoms with Gasteiger partial charge in [0.25, 0.3) is 0 Å². The number of benzene rings is 1. The molecule has 1 aromatic heterocycles. The predicted molar refractivity (Wildman–Crippen MR) is 66.8 cm³/mol. The summed E-state index contributed by atoms with van der Waals surface area (Å²) in [4.78, 5) is 11.8. The molecule has 0 aliphatic carbocycles. The van der Waals surface area contributed by atoms with Crippen LogP contribution in [0.1, 0.15) is 16.8 Å². The van der Waals surface area contributed by atoms with Crippen LogP contribution in [0.2, 0.25) is 0 Å². The number of aryl methyl sites for hydroxylation is 1. The summed E-state index contributed by atoms with van der Waals surface area (Å²) in [6.07, 6.45) is 0.367. The van der Waals surface area contributed by atoms with Crippen LogP contribution >= 0.6 is 0 Å². The number of H-pyrrole nitrogens is 1. The number of aromatic amines is 1. The highest BCUT2D eigenvalue weighted by Gasteiger charge is 2.09. The smallest absolute Gasteiger partial charge is 0.230 e. The van der Waals surface area contributed by atoms with Crippen LogP contribution in [0.15, 0.2) is 30.3 Å². The van der Waals surface area contributed by atoms with Gasteiger partial charge in [0.05, 0.1) is 6.42 Å². The minimum Gasteiger partial charge on any atom is -0.309 e. The normalized spacial score (nSPS) is 10.2. The lowest BCUT2D eigenvalue weighted by molar-refractivity contribution is -0.115. The van der Waals surface area contributed by atoms with Gasteiger partial charge in [-0.3, -0.25) is 9.89 Å². The molecule has 0 atom stereocenters. The van der Waals surface area contributed by atoms with E-state index in [0.717, 1.165) is 16.8 Å². The minimum absolute atomic E-state index is 0.0502. The lowest BCUT2D eigenvalue weighted by Crippen LogP contribution is -2.15. The van der Waals surface area contributed by atoms with Gasteiger partial charge in [-0.25, -0.2) is 0 Å². The van der Waals surface area contributed by atoms with Crippen molar-refractivity contribution in [1.29, 1.82) is 0 Å². The van der Waals surface area contributed by atoms with E-state index < -0.39 is 0 Å². The quantitative estimate of drug-likeness (QED) is 0.847. The van der Waals surface area contributed by atoms with E-state index in [9.17, 15) is 4.79 Å². The van der Waals surface area contributed by atoms with Gasteiger partial charge >= 0.3 is 0 Å². The van der Waals surface area contributed by atoms with Crippen LogP contribution in [0.25, 0.3) is 0 Å². The molecule has 4 heteroatoms. The number of hydrogen-bond donors (Lipinski definition) is 2. The van der Waals surface area contributed by atoms with E-state index in [2.05, 4.69) is 15.5 Å². The molecule has 0 spiro atoms. The summed E-state index contributed by atoms with van der Waals surface area (Å²) in [5, 5.41) is 9.68. The summed E-state index contributed by atoms with van der Waals surface area (Å²) in [7, 11) is 0. The zero-order valence-electron chi connectivity index (χ0n) is 9.95. The van der Waals surface area contributed by atoms with E-state index >= 15 is 0 Å². The molecule has 0 unspecified atom stereocenters. The number of carbonyl (C=O) groups is 1. The SMILES string of the molecule is Cc1[nH]nc(NC(=O)Cc2ccccc2)c1C. The molecular formula is C13H15N3O. The fraction of sp³-hybridized carbons (Fsp3) is 0.231. The molecule has 88 valence electrons. The first kappa shape index (κ1) is 11.4. The van der Waals surface area contributed by atoms with Crippen molar-refractivity contribution in [2.75, 3.05) is 5.32 Å². The Morgan fingerprint density at radius 1 is 1.29 bits per heavy atom. The number of carbonyl (C=O) groups excluding carboxylic acids is 1. The Morgan fingerprint density at radius 3 is 2.59 bits per heavy atom. The predicted octanol–water partition coefficient (Wildman–Crippen LogP) is 2.21. The first-order valence-electron chi connectivity index (χ1n) is 5.52. The zero-order chi connectivity index (χ0) is 12.3. The zero-order valence-corrected chi connectivity index (χ0v) is 9.95. The molecule has 0 aliphatic heterocycles. The molecule has 1 heterocycles. The molecule has 0 aliphatic rings. The molecule has 2 N–H and O–H groups in total. The van der Waals surface area contributed by atoms with Gasteiger partial charge in [-0.15, -0.1) is 0 Å². The molecule has 4 nitrogen and oxygen atoms in total. The number of nitrogens with zero attached hydrogens (tertiary/aromatic N) is 1. The average molecular weight is 229 g/mol. The van der Waals surface area contributed by atoms with Crippen molar-refractivity contribution >= 4 is 11.7 Å². The van der Waals surface area contributed by atoms with Gasteiger partial charge in [0.2, 0.25) is 5.91 Å². The Hall–Kier alpha value is -2.10. The first-order chi connectivity index (χ1) is 8.16. The highest BCUT2D eigenvalue weighted by molar-refractivity contribution is 5.92. The molecule has 2 rings (SSSR count). The molecule has 17 heavy (non-hydrogen) atoms. The second-order valence-corrected chi connectivity index (χ2v) is 4.03. The lowest BCUT2D eigenvalue weighted by atomic mass is 10.1.